The minimum Gasteiger partial charge on any atom is -0.438 e. The van der Waals surface area contributed by atoms with Gasteiger partial charge in [-0.05, 0) is 73.5 Å². The number of hydrogen-bond donors (Lipinski definition) is 2. The standard InChI is InChI=1S/C24H23ClF2NO6PS/c1-24(2,3)23(30)33-13-34-35(31,32)21(18-12-36-20-7-5-15(25)10-17(18)20)22(29)28-9-8-14-4-6-16(26)11-19(14)27/h4-12,21H,13H2,1-3H3,(H,28,29)(H,31,32)/b9-8+. The van der Waals surface area contributed by atoms with Crippen molar-refractivity contribution >= 4 is 58.6 Å². The topological polar surface area (TPSA) is 102 Å². The fourth-order valence-corrected chi connectivity index (χ4v) is 5.60. The van der Waals surface area contributed by atoms with Crippen LogP contribution in [0.1, 0.15) is 37.6 Å². The number of nitrogens with one attached hydrogen (secondary N) is 1. The largest absolute Gasteiger partial charge is 0.438 e. The Balaban J connectivity index is 1.90. The van der Waals surface area contributed by atoms with Gasteiger partial charge in [-0.3, -0.25) is 18.7 Å². The number of rotatable bonds is 8. The Morgan fingerprint density at radius 3 is 2.61 bits per heavy atom. The lowest BCUT2D eigenvalue weighted by Crippen LogP contribution is -2.27. The molecule has 0 aliphatic heterocycles. The first kappa shape index (κ1) is 28.0. The summed E-state index contributed by atoms with van der Waals surface area (Å²) in [5.74, 6) is -3.23. The van der Waals surface area contributed by atoms with Gasteiger partial charge < -0.3 is 14.9 Å². The second kappa shape index (κ2) is 11.2. The van der Waals surface area contributed by atoms with E-state index in [4.69, 9.17) is 20.9 Å². The van der Waals surface area contributed by atoms with Crippen LogP contribution in [0, 0.1) is 17.0 Å². The number of hydrogen-bond acceptors (Lipinski definition) is 6. The number of halogens is 3. The molecule has 0 saturated heterocycles. The third-order valence-electron chi connectivity index (χ3n) is 4.93. The fourth-order valence-electron chi connectivity index (χ4n) is 3.07. The molecule has 1 amide bonds. The SMILES string of the molecule is CC(C)(C)C(=O)OCOP(=O)(O)C(C(=O)N/C=C/c1ccc(F)cc1F)c1csc2ccc(Cl)cc12. The van der Waals surface area contributed by atoms with Gasteiger partial charge in [-0.1, -0.05) is 11.6 Å². The molecule has 3 aromatic rings. The summed E-state index contributed by atoms with van der Waals surface area (Å²) in [4.78, 5) is 35.9. The normalized spacial score (nSPS) is 14.5. The number of carbonyl (C=O) groups is 2. The van der Waals surface area contributed by atoms with Crippen molar-refractivity contribution in [2.45, 2.75) is 26.4 Å². The maximum atomic E-state index is 13.9. The zero-order chi connectivity index (χ0) is 26.7. The van der Waals surface area contributed by atoms with E-state index in [9.17, 15) is 27.8 Å². The summed E-state index contributed by atoms with van der Waals surface area (Å²) >= 11 is 7.32. The minimum atomic E-state index is -4.79. The van der Waals surface area contributed by atoms with E-state index in [-0.39, 0.29) is 11.1 Å². The van der Waals surface area contributed by atoms with Crippen molar-refractivity contribution in [3.63, 3.8) is 0 Å². The second-order valence-corrected chi connectivity index (χ2v) is 12.0. The summed E-state index contributed by atoms with van der Waals surface area (Å²) in [7, 11) is -4.79. The zero-order valence-electron chi connectivity index (χ0n) is 19.5. The van der Waals surface area contributed by atoms with Crippen molar-refractivity contribution in [1.29, 1.82) is 0 Å². The van der Waals surface area contributed by atoms with Gasteiger partial charge in [0.2, 0.25) is 12.7 Å². The Labute approximate surface area is 215 Å². The van der Waals surface area contributed by atoms with Gasteiger partial charge in [-0.25, -0.2) is 8.78 Å². The Hall–Kier alpha value is -2.62. The molecule has 2 N–H and O–H groups in total. The average Bonchev–Trinajstić information content (AvgIpc) is 3.16. The molecular weight excluding hydrogens is 535 g/mol. The van der Waals surface area contributed by atoms with Gasteiger partial charge in [-0.2, -0.15) is 0 Å². The molecule has 0 saturated carbocycles. The Morgan fingerprint density at radius 2 is 1.94 bits per heavy atom. The maximum Gasteiger partial charge on any atom is 0.347 e. The lowest BCUT2D eigenvalue weighted by Gasteiger charge is -2.22. The minimum absolute atomic E-state index is 0.0152. The summed E-state index contributed by atoms with van der Waals surface area (Å²) in [6, 6.07) is 7.78. The molecule has 0 spiro atoms. The molecule has 1 aromatic heterocycles. The van der Waals surface area contributed by atoms with Crippen molar-refractivity contribution in [2.24, 2.45) is 5.41 Å². The van der Waals surface area contributed by atoms with Crippen molar-refractivity contribution in [1.82, 2.24) is 5.32 Å². The highest BCUT2D eigenvalue weighted by Gasteiger charge is 2.42. The molecule has 0 fully saturated rings. The molecule has 2 aromatic carbocycles. The molecule has 192 valence electrons. The third-order valence-corrected chi connectivity index (χ3v) is 7.78. The highest BCUT2D eigenvalue weighted by atomic mass is 35.5. The molecule has 1 heterocycles. The van der Waals surface area contributed by atoms with Crippen LogP contribution in [0.2, 0.25) is 5.02 Å². The molecule has 7 nitrogen and oxygen atoms in total. The van der Waals surface area contributed by atoms with E-state index in [0.29, 0.717) is 21.2 Å². The first-order chi connectivity index (χ1) is 16.8. The van der Waals surface area contributed by atoms with Crippen molar-refractivity contribution in [3.8, 4) is 0 Å². The van der Waals surface area contributed by atoms with E-state index in [1.165, 1.54) is 28.9 Å². The summed E-state index contributed by atoms with van der Waals surface area (Å²) in [5, 5.41) is 4.68. The first-order valence-electron chi connectivity index (χ1n) is 10.5. The number of esters is 1. The molecule has 36 heavy (non-hydrogen) atoms. The van der Waals surface area contributed by atoms with Crippen molar-refractivity contribution in [3.05, 3.63) is 75.8 Å². The highest BCUT2D eigenvalue weighted by Crippen LogP contribution is 2.58. The van der Waals surface area contributed by atoms with Crippen LogP contribution in [0.4, 0.5) is 8.78 Å². The van der Waals surface area contributed by atoms with Crippen LogP contribution in [0.3, 0.4) is 0 Å². The van der Waals surface area contributed by atoms with Crippen LogP contribution in [0.25, 0.3) is 16.2 Å². The Morgan fingerprint density at radius 1 is 1.22 bits per heavy atom. The van der Waals surface area contributed by atoms with Gasteiger partial charge in [0.1, 0.15) is 11.6 Å². The van der Waals surface area contributed by atoms with Crippen LogP contribution in [-0.2, 0) is 23.4 Å². The highest BCUT2D eigenvalue weighted by molar-refractivity contribution is 7.54. The smallest absolute Gasteiger partial charge is 0.347 e. The predicted octanol–water partition coefficient (Wildman–Crippen LogP) is 6.41. The van der Waals surface area contributed by atoms with Gasteiger partial charge >= 0.3 is 13.6 Å². The van der Waals surface area contributed by atoms with Crippen molar-refractivity contribution in [2.75, 3.05) is 6.79 Å². The summed E-state index contributed by atoms with van der Waals surface area (Å²) in [6.45, 7) is 3.94. The molecule has 0 bridgehead atoms. The molecular formula is C24H23ClF2NO6PS. The van der Waals surface area contributed by atoms with Gasteiger partial charge in [0, 0.05) is 27.6 Å². The molecule has 0 aliphatic carbocycles. The van der Waals surface area contributed by atoms with Crippen molar-refractivity contribution < 1.29 is 37.1 Å². The first-order valence-corrected chi connectivity index (χ1v) is 13.4. The van der Waals surface area contributed by atoms with Gasteiger partial charge in [0.25, 0.3) is 0 Å². The van der Waals surface area contributed by atoms with Crippen LogP contribution in [0.5, 0.6) is 0 Å². The van der Waals surface area contributed by atoms with Gasteiger partial charge in [0.15, 0.2) is 5.66 Å². The van der Waals surface area contributed by atoms with E-state index in [1.54, 1.807) is 39.0 Å². The maximum absolute atomic E-state index is 13.9. The lowest BCUT2D eigenvalue weighted by atomic mass is 9.98. The number of amides is 1. The number of carbonyl (C=O) groups excluding carboxylic acids is 2. The fraction of sp³-hybridized carbons (Fsp3) is 0.250. The lowest BCUT2D eigenvalue weighted by molar-refractivity contribution is -0.159. The van der Waals surface area contributed by atoms with Gasteiger partial charge in [-0.15, -0.1) is 11.3 Å². The molecule has 0 radical (unpaired) electrons. The van der Waals surface area contributed by atoms with E-state index in [2.05, 4.69) is 5.32 Å². The summed E-state index contributed by atoms with van der Waals surface area (Å²) < 4.78 is 50.9. The van der Waals surface area contributed by atoms with Crippen LogP contribution in [-0.4, -0.2) is 23.6 Å². The summed E-state index contributed by atoms with van der Waals surface area (Å²) in [6.07, 6.45) is 2.23. The third kappa shape index (κ3) is 6.78. The van der Waals surface area contributed by atoms with Gasteiger partial charge in [0.05, 0.1) is 5.41 Å². The predicted molar refractivity (Wildman–Crippen MR) is 134 cm³/mol. The monoisotopic (exact) mass is 557 g/mol. The molecule has 0 aliphatic rings. The zero-order valence-corrected chi connectivity index (χ0v) is 21.9. The molecule has 12 heteroatoms. The Kier molecular flexibility index (Phi) is 8.69. The molecule has 3 rings (SSSR count). The summed E-state index contributed by atoms with van der Waals surface area (Å²) in [5.41, 5.74) is -2.45. The number of thiophene rings is 1. The number of benzene rings is 2. The number of fused-ring (bicyclic) bond motifs is 1. The van der Waals surface area contributed by atoms with Crippen LogP contribution < -0.4 is 5.32 Å². The van der Waals surface area contributed by atoms with E-state index in [1.807, 2.05) is 0 Å². The number of ether oxygens (including phenoxy) is 1. The Bertz CT molecular complexity index is 1370. The quantitative estimate of drug-likeness (QED) is 0.188. The molecule has 2 atom stereocenters. The van der Waals surface area contributed by atoms with E-state index >= 15 is 0 Å². The molecule has 2 unspecified atom stereocenters. The van der Waals surface area contributed by atoms with Crippen LogP contribution in [0.15, 0.2) is 48.0 Å². The van der Waals surface area contributed by atoms with Crippen LogP contribution >= 0.6 is 30.5 Å². The van der Waals surface area contributed by atoms with E-state index in [0.717, 1.165) is 12.3 Å². The average molecular weight is 558 g/mol. The van der Waals surface area contributed by atoms with E-state index < -0.39 is 49.0 Å². The second-order valence-electron chi connectivity index (χ2n) is 8.73.